The summed E-state index contributed by atoms with van der Waals surface area (Å²) in [5, 5.41) is 53.5. The van der Waals surface area contributed by atoms with Gasteiger partial charge in [0.2, 0.25) is 5.78 Å². The van der Waals surface area contributed by atoms with Gasteiger partial charge in [-0.25, -0.2) is 0 Å². The number of nitrogens with two attached hydrogens (primary N) is 3. The van der Waals surface area contributed by atoms with E-state index in [0.717, 1.165) is 0 Å². The van der Waals surface area contributed by atoms with Crippen molar-refractivity contribution in [3.63, 3.8) is 0 Å². The highest BCUT2D eigenvalue weighted by atomic mass is 16.3. The fourth-order valence-corrected chi connectivity index (χ4v) is 5.89. The molecule has 0 aromatic heterocycles. The van der Waals surface area contributed by atoms with E-state index in [0.29, 0.717) is 5.56 Å². The van der Waals surface area contributed by atoms with Gasteiger partial charge in [0.05, 0.1) is 18.2 Å². The van der Waals surface area contributed by atoms with Crippen molar-refractivity contribution in [2.75, 3.05) is 32.5 Å². The second-order valence-electron chi connectivity index (χ2n) is 9.55. The van der Waals surface area contributed by atoms with Crippen LogP contribution in [-0.4, -0.2) is 86.3 Å². The molecule has 35 heavy (non-hydrogen) atoms. The molecule has 0 aliphatic heterocycles. The monoisotopic (exact) mass is 488 g/mol. The van der Waals surface area contributed by atoms with E-state index in [9.17, 15) is 39.9 Å². The van der Waals surface area contributed by atoms with Gasteiger partial charge in [0, 0.05) is 35.7 Å². The molecule has 1 fully saturated rings. The van der Waals surface area contributed by atoms with Crippen molar-refractivity contribution in [1.82, 2.24) is 4.90 Å². The molecule has 3 aliphatic carbocycles. The number of anilines is 1. The van der Waals surface area contributed by atoms with Crippen LogP contribution in [0.5, 0.6) is 5.75 Å². The standard InChI is InChI=1S/C23H28N4O8/c1-27(4-5-28)8-22-6-9-11(24)2-3-12(29)13(9)17(30)15(22)20(33)23(35)10(7-22)16(25)18(31)14(19(23)32)21(26)34/h2-3,10,16,28-30,32,35H,4-8,24-25H2,1H3,(H2,26,34)/t10-,16-,22-,23+/m0/s1. The maximum atomic E-state index is 13.9. The molecular weight excluding hydrogens is 460 g/mol. The summed E-state index contributed by atoms with van der Waals surface area (Å²) in [6.45, 7) is 0.0546. The summed E-state index contributed by atoms with van der Waals surface area (Å²) in [6.07, 6.45) is -0.161. The highest BCUT2D eigenvalue weighted by Crippen LogP contribution is 2.58. The van der Waals surface area contributed by atoms with E-state index in [4.69, 9.17) is 17.2 Å². The third kappa shape index (κ3) is 3.25. The van der Waals surface area contributed by atoms with Crippen molar-refractivity contribution >= 4 is 28.9 Å². The number of phenols is 1. The number of hydrogen-bond donors (Lipinski definition) is 8. The molecule has 0 radical (unpaired) electrons. The number of carbonyl (C=O) groups excluding carboxylic acids is 3. The lowest BCUT2D eigenvalue weighted by Crippen LogP contribution is -2.68. The van der Waals surface area contributed by atoms with Gasteiger partial charge in [-0.2, -0.15) is 0 Å². The third-order valence-electron chi connectivity index (χ3n) is 7.45. The quantitative estimate of drug-likeness (QED) is 0.131. The number of nitrogens with zero attached hydrogens (tertiary/aromatic N) is 1. The van der Waals surface area contributed by atoms with Gasteiger partial charge >= 0.3 is 0 Å². The number of phenolic OH excluding ortho intramolecular Hbond substituents is 1. The summed E-state index contributed by atoms with van der Waals surface area (Å²) in [4.78, 5) is 40.3. The zero-order chi connectivity index (χ0) is 26.0. The summed E-state index contributed by atoms with van der Waals surface area (Å²) in [5.41, 5.74) is 12.6. The zero-order valence-corrected chi connectivity index (χ0v) is 19.0. The van der Waals surface area contributed by atoms with Crippen molar-refractivity contribution in [1.29, 1.82) is 0 Å². The van der Waals surface area contributed by atoms with E-state index in [-0.39, 0.29) is 55.1 Å². The summed E-state index contributed by atoms with van der Waals surface area (Å²) in [5.74, 6) is -7.14. The van der Waals surface area contributed by atoms with Gasteiger partial charge in [0.1, 0.15) is 22.8 Å². The van der Waals surface area contributed by atoms with E-state index >= 15 is 0 Å². The van der Waals surface area contributed by atoms with Crippen LogP contribution in [0.4, 0.5) is 5.69 Å². The van der Waals surface area contributed by atoms with E-state index < -0.39 is 57.5 Å². The lowest BCUT2D eigenvalue weighted by Gasteiger charge is -2.54. The number of amides is 1. The molecule has 12 heteroatoms. The Balaban J connectivity index is 2.04. The second-order valence-corrected chi connectivity index (χ2v) is 9.55. The Morgan fingerprint density at radius 2 is 1.89 bits per heavy atom. The second kappa shape index (κ2) is 8.05. The van der Waals surface area contributed by atoms with Crippen LogP contribution in [-0.2, 0) is 20.8 Å². The Hall–Kier alpha value is -3.45. The Kier molecular flexibility index (Phi) is 5.68. The predicted molar refractivity (Wildman–Crippen MR) is 123 cm³/mol. The molecule has 1 aromatic carbocycles. The number of fused-ring (bicyclic) bond motifs is 3. The Bertz CT molecular complexity index is 1220. The minimum atomic E-state index is -2.81. The van der Waals surface area contributed by atoms with Gasteiger partial charge < -0.3 is 47.6 Å². The number of aromatic hydroxyl groups is 1. The van der Waals surface area contributed by atoms with E-state index in [2.05, 4.69) is 0 Å². The van der Waals surface area contributed by atoms with E-state index in [1.807, 2.05) is 0 Å². The summed E-state index contributed by atoms with van der Waals surface area (Å²) >= 11 is 0. The number of likely N-dealkylation sites (N-methyl/N-ethyl adjacent to an activating group) is 1. The van der Waals surface area contributed by atoms with Crippen LogP contribution in [0, 0.1) is 11.3 Å². The Labute approximate surface area is 199 Å². The molecule has 0 heterocycles. The number of aliphatic hydroxyl groups excluding tert-OH is 3. The average molecular weight is 488 g/mol. The van der Waals surface area contributed by atoms with Crippen LogP contribution in [0.1, 0.15) is 17.5 Å². The normalized spacial score (nSPS) is 30.3. The van der Waals surface area contributed by atoms with Crippen LogP contribution in [0.15, 0.2) is 29.0 Å². The number of primary amides is 1. The smallest absolute Gasteiger partial charge is 0.255 e. The molecule has 11 N–H and O–H groups in total. The van der Waals surface area contributed by atoms with Gasteiger partial charge in [-0.1, -0.05) is 0 Å². The number of Topliss-reactive ketones (excluding diaryl/α,β-unsaturated/α-hetero) is 2. The lowest BCUT2D eigenvalue weighted by molar-refractivity contribution is -0.153. The molecule has 1 aromatic rings. The number of hydrogen-bond acceptors (Lipinski definition) is 11. The predicted octanol–water partition coefficient (Wildman–Crippen LogP) is -1.76. The molecule has 0 unspecified atom stereocenters. The summed E-state index contributed by atoms with van der Waals surface area (Å²) in [7, 11) is 1.67. The molecule has 0 spiro atoms. The first-order chi connectivity index (χ1) is 16.3. The van der Waals surface area contributed by atoms with Crippen molar-refractivity contribution in [3.8, 4) is 5.75 Å². The highest BCUT2D eigenvalue weighted by Gasteiger charge is 2.66. The van der Waals surface area contributed by atoms with E-state index in [1.54, 1.807) is 11.9 Å². The molecule has 188 valence electrons. The van der Waals surface area contributed by atoms with Crippen LogP contribution in [0.2, 0.25) is 0 Å². The molecule has 1 amide bonds. The number of carbonyl (C=O) groups is 3. The number of nitrogen functional groups attached to an aromatic ring is 1. The average Bonchev–Trinajstić information content (AvgIpc) is 2.77. The maximum absolute atomic E-state index is 13.9. The SMILES string of the molecule is CN(CCO)C[C@@]12Cc3c(N)ccc(O)c3C(O)=C1C(=O)[C@]1(O)C(O)=C(C(N)=O)C(=O)[C@@H](N)[C@@H]1C2. The Morgan fingerprint density at radius 3 is 2.49 bits per heavy atom. The molecule has 3 aliphatic rings. The fraction of sp³-hybridized carbons (Fsp3) is 0.435. The van der Waals surface area contributed by atoms with Crippen LogP contribution < -0.4 is 17.2 Å². The van der Waals surface area contributed by atoms with Crippen molar-refractivity contribution < 1.29 is 39.9 Å². The lowest BCUT2D eigenvalue weighted by atomic mass is 9.51. The summed E-state index contributed by atoms with van der Waals surface area (Å²) in [6, 6.07) is 1.13. The first kappa shape index (κ1) is 24.7. The van der Waals surface area contributed by atoms with Crippen LogP contribution >= 0.6 is 0 Å². The number of aliphatic hydroxyl groups is 4. The van der Waals surface area contributed by atoms with E-state index in [1.165, 1.54) is 12.1 Å². The third-order valence-corrected chi connectivity index (χ3v) is 7.45. The molecule has 12 nitrogen and oxygen atoms in total. The van der Waals surface area contributed by atoms with Gasteiger partial charge in [0.15, 0.2) is 11.4 Å². The van der Waals surface area contributed by atoms with Crippen LogP contribution in [0.3, 0.4) is 0 Å². The molecule has 4 atom stereocenters. The molecule has 4 rings (SSSR count). The minimum absolute atomic E-state index is 0.0180. The molecule has 0 saturated heterocycles. The number of benzene rings is 1. The highest BCUT2D eigenvalue weighted by molar-refractivity contribution is 6.24. The topological polar surface area (TPSA) is 234 Å². The molecule has 1 saturated carbocycles. The van der Waals surface area contributed by atoms with Gasteiger partial charge in [0.25, 0.3) is 5.91 Å². The molecular formula is C23H28N4O8. The van der Waals surface area contributed by atoms with Crippen molar-refractivity contribution in [2.24, 2.45) is 22.8 Å². The first-order valence-electron chi connectivity index (χ1n) is 11.0. The minimum Gasteiger partial charge on any atom is -0.508 e. The van der Waals surface area contributed by atoms with Gasteiger partial charge in [-0.3, -0.25) is 14.4 Å². The zero-order valence-electron chi connectivity index (χ0n) is 19.0. The summed E-state index contributed by atoms with van der Waals surface area (Å²) < 4.78 is 0. The van der Waals surface area contributed by atoms with Crippen molar-refractivity contribution in [2.45, 2.75) is 24.5 Å². The van der Waals surface area contributed by atoms with Gasteiger partial charge in [-0.05, 0) is 37.6 Å². The Morgan fingerprint density at radius 1 is 1.23 bits per heavy atom. The first-order valence-corrected chi connectivity index (χ1v) is 11.0. The number of rotatable bonds is 5. The molecule has 0 bridgehead atoms. The van der Waals surface area contributed by atoms with Gasteiger partial charge in [-0.15, -0.1) is 0 Å². The largest absolute Gasteiger partial charge is 0.508 e. The maximum Gasteiger partial charge on any atom is 0.255 e. The van der Waals surface area contributed by atoms with Crippen molar-refractivity contribution in [3.05, 3.63) is 40.2 Å². The number of ketones is 2. The van der Waals surface area contributed by atoms with Crippen LogP contribution in [0.25, 0.3) is 5.76 Å². The fourth-order valence-electron chi connectivity index (χ4n) is 5.89.